The summed E-state index contributed by atoms with van der Waals surface area (Å²) in [5.41, 5.74) is -0.644. The molecule has 2 N–H and O–H groups in total. The van der Waals surface area contributed by atoms with Gasteiger partial charge in [0.25, 0.3) is 0 Å². The van der Waals surface area contributed by atoms with Crippen molar-refractivity contribution in [1.29, 1.82) is 0 Å². The Kier molecular flexibility index (Phi) is 8.06. The maximum absolute atomic E-state index is 12.2. The molecule has 0 saturated carbocycles. The van der Waals surface area contributed by atoms with E-state index in [1.165, 1.54) is 7.11 Å². The number of methoxy groups -OCH3 is 1. The van der Waals surface area contributed by atoms with Crippen molar-refractivity contribution in [3.05, 3.63) is 0 Å². The zero-order chi connectivity index (χ0) is 18.4. The lowest BCUT2D eigenvalue weighted by Crippen LogP contribution is -2.55. The minimum atomic E-state index is -0.806. The van der Waals surface area contributed by atoms with E-state index in [1.54, 1.807) is 48.5 Å². The average Bonchev–Trinajstić information content (AvgIpc) is 2.38. The summed E-state index contributed by atoms with van der Waals surface area (Å²) < 4.78 is 9.98. The van der Waals surface area contributed by atoms with Crippen molar-refractivity contribution >= 4 is 18.0 Å². The van der Waals surface area contributed by atoms with Crippen LogP contribution in [0.5, 0.6) is 0 Å². The summed E-state index contributed by atoms with van der Waals surface area (Å²) in [6.07, 6.45) is 0. The van der Waals surface area contributed by atoms with Crippen molar-refractivity contribution in [2.45, 2.75) is 66.2 Å². The average molecular weight is 330 g/mol. The van der Waals surface area contributed by atoms with Crippen molar-refractivity contribution in [2.24, 2.45) is 11.8 Å². The molecule has 134 valence electrons. The second-order valence-corrected chi connectivity index (χ2v) is 7.12. The van der Waals surface area contributed by atoms with E-state index in [-0.39, 0.29) is 11.8 Å². The van der Waals surface area contributed by atoms with Crippen molar-refractivity contribution in [2.75, 3.05) is 7.11 Å². The summed E-state index contributed by atoms with van der Waals surface area (Å²) in [7, 11) is 1.26. The topological polar surface area (TPSA) is 93.7 Å². The zero-order valence-electron chi connectivity index (χ0n) is 15.4. The van der Waals surface area contributed by atoms with Gasteiger partial charge in [0.2, 0.25) is 0 Å². The molecule has 0 aromatic rings. The number of urea groups is 1. The molecular formula is C16H30N2O5. The Morgan fingerprint density at radius 1 is 0.826 bits per heavy atom. The summed E-state index contributed by atoms with van der Waals surface area (Å²) in [5.74, 6) is -1.35. The largest absolute Gasteiger partial charge is 0.467 e. The van der Waals surface area contributed by atoms with Gasteiger partial charge in [-0.15, -0.1) is 0 Å². The molecule has 0 heterocycles. The molecule has 7 nitrogen and oxygen atoms in total. The molecule has 0 aliphatic heterocycles. The Morgan fingerprint density at radius 2 is 1.22 bits per heavy atom. The lowest BCUT2D eigenvalue weighted by molar-refractivity contribution is -0.158. The first kappa shape index (κ1) is 21.2. The number of amides is 2. The van der Waals surface area contributed by atoms with Gasteiger partial charge in [0.1, 0.15) is 17.7 Å². The molecule has 0 radical (unpaired) electrons. The normalized spacial score (nSPS) is 14.2. The van der Waals surface area contributed by atoms with Gasteiger partial charge in [0, 0.05) is 0 Å². The van der Waals surface area contributed by atoms with Gasteiger partial charge in [-0.05, 0) is 32.6 Å². The molecule has 2 amide bonds. The Balaban J connectivity index is 4.92. The fourth-order valence-electron chi connectivity index (χ4n) is 1.81. The van der Waals surface area contributed by atoms with E-state index >= 15 is 0 Å². The monoisotopic (exact) mass is 330 g/mol. The Bertz CT molecular complexity index is 427. The molecule has 0 unspecified atom stereocenters. The van der Waals surface area contributed by atoms with Crippen LogP contribution in [-0.2, 0) is 19.1 Å². The van der Waals surface area contributed by atoms with Gasteiger partial charge in [-0.25, -0.2) is 14.4 Å². The second-order valence-electron chi connectivity index (χ2n) is 7.12. The van der Waals surface area contributed by atoms with Crippen LogP contribution in [0.2, 0.25) is 0 Å². The first-order valence-corrected chi connectivity index (χ1v) is 7.76. The molecule has 7 heteroatoms. The molecule has 0 aromatic heterocycles. The molecule has 0 aromatic carbocycles. The van der Waals surface area contributed by atoms with E-state index in [1.807, 2.05) is 0 Å². The lowest BCUT2D eigenvalue weighted by atomic mass is 10.0. The number of esters is 2. The van der Waals surface area contributed by atoms with Crippen molar-refractivity contribution in [3.63, 3.8) is 0 Å². The number of hydrogen-bond acceptors (Lipinski definition) is 5. The second kappa shape index (κ2) is 8.74. The van der Waals surface area contributed by atoms with Crippen LogP contribution in [0.1, 0.15) is 48.5 Å². The lowest BCUT2D eigenvalue weighted by Gasteiger charge is -2.27. The van der Waals surface area contributed by atoms with Crippen LogP contribution in [0.4, 0.5) is 4.79 Å². The summed E-state index contributed by atoms with van der Waals surface area (Å²) in [6, 6.07) is -2.20. The maximum atomic E-state index is 12.2. The number of nitrogens with one attached hydrogen (secondary N) is 2. The molecule has 0 saturated heterocycles. The van der Waals surface area contributed by atoms with Gasteiger partial charge in [-0.2, -0.15) is 0 Å². The van der Waals surface area contributed by atoms with Gasteiger partial charge in [0.15, 0.2) is 0 Å². The first-order chi connectivity index (χ1) is 10.4. The highest BCUT2D eigenvalue weighted by atomic mass is 16.6. The van der Waals surface area contributed by atoms with E-state index in [9.17, 15) is 14.4 Å². The highest BCUT2D eigenvalue weighted by Crippen LogP contribution is 2.12. The smallest absolute Gasteiger partial charge is 0.329 e. The maximum Gasteiger partial charge on any atom is 0.329 e. The van der Waals surface area contributed by atoms with Crippen LogP contribution in [0.15, 0.2) is 0 Å². The number of rotatable bonds is 6. The highest BCUT2D eigenvalue weighted by Gasteiger charge is 2.31. The summed E-state index contributed by atoms with van der Waals surface area (Å²) in [4.78, 5) is 36.0. The van der Waals surface area contributed by atoms with E-state index in [4.69, 9.17) is 4.74 Å². The quantitative estimate of drug-likeness (QED) is 0.725. The van der Waals surface area contributed by atoms with Crippen LogP contribution in [0.3, 0.4) is 0 Å². The molecular weight excluding hydrogens is 300 g/mol. The Labute approximate surface area is 138 Å². The Morgan fingerprint density at radius 3 is 1.52 bits per heavy atom. The first-order valence-electron chi connectivity index (χ1n) is 7.76. The SMILES string of the molecule is COC(=O)[C@@H](NC(=O)N[C@H](C(=O)OC(C)(C)C)C(C)C)C(C)C. The van der Waals surface area contributed by atoms with Crippen LogP contribution in [0.25, 0.3) is 0 Å². The third-order valence-corrected chi connectivity index (χ3v) is 3.02. The molecule has 0 fully saturated rings. The predicted octanol–water partition coefficient (Wildman–Crippen LogP) is 1.85. The highest BCUT2D eigenvalue weighted by molar-refractivity contribution is 5.87. The molecule has 2 atom stereocenters. The zero-order valence-corrected chi connectivity index (χ0v) is 15.4. The molecule has 23 heavy (non-hydrogen) atoms. The Hall–Kier alpha value is -1.79. The van der Waals surface area contributed by atoms with E-state index < -0.39 is 35.7 Å². The standard InChI is InChI=1S/C16H30N2O5/c1-9(2)11(13(19)22-8)17-15(21)18-12(10(3)4)14(20)23-16(5,6)7/h9-12H,1-8H3,(H2,17,18,21)/t11-,12-/m0/s1. The van der Waals surface area contributed by atoms with Crippen LogP contribution < -0.4 is 10.6 Å². The van der Waals surface area contributed by atoms with Crippen molar-refractivity contribution in [3.8, 4) is 0 Å². The summed E-state index contributed by atoms with van der Waals surface area (Å²) in [5, 5.41) is 5.11. The number of ether oxygens (including phenoxy) is 2. The number of hydrogen-bond donors (Lipinski definition) is 2. The molecule has 0 aliphatic carbocycles. The fraction of sp³-hybridized carbons (Fsp3) is 0.812. The van der Waals surface area contributed by atoms with Crippen LogP contribution in [-0.4, -0.2) is 42.8 Å². The minimum Gasteiger partial charge on any atom is -0.467 e. The minimum absolute atomic E-state index is 0.146. The molecule has 0 spiro atoms. The van der Waals surface area contributed by atoms with Gasteiger partial charge in [-0.3, -0.25) is 0 Å². The van der Waals surface area contributed by atoms with Gasteiger partial charge in [-0.1, -0.05) is 27.7 Å². The molecule has 0 aliphatic rings. The number of carbonyl (C=O) groups is 3. The van der Waals surface area contributed by atoms with E-state index in [0.717, 1.165) is 0 Å². The number of carbonyl (C=O) groups excluding carboxylic acids is 3. The summed E-state index contributed by atoms with van der Waals surface area (Å²) >= 11 is 0. The predicted molar refractivity (Wildman–Crippen MR) is 86.8 cm³/mol. The fourth-order valence-corrected chi connectivity index (χ4v) is 1.81. The van der Waals surface area contributed by atoms with Crippen molar-refractivity contribution in [1.82, 2.24) is 10.6 Å². The van der Waals surface area contributed by atoms with E-state index in [2.05, 4.69) is 15.4 Å². The third kappa shape index (κ3) is 7.85. The molecule has 0 bridgehead atoms. The molecule has 0 rings (SSSR count). The van der Waals surface area contributed by atoms with Gasteiger partial charge < -0.3 is 20.1 Å². The van der Waals surface area contributed by atoms with E-state index in [0.29, 0.717) is 0 Å². The van der Waals surface area contributed by atoms with Crippen LogP contribution in [0, 0.1) is 11.8 Å². The van der Waals surface area contributed by atoms with Gasteiger partial charge in [0.05, 0.1) is 7.11 Å². The summed E-state index contributed by atoms with van der Waals surface area (Å²) in [6.45, 7) is 12.5. The van der Waals surface area contributed by atoms with Crippen LogP contribution >= 0.6 is 0 Å². The van der Waals surface area contributed by atoms with Crippen molar-refractivity contribution < 1.29 is 23.9 Å². The van der Waals surface area contributed by atoms with Gasteiger partial charge >= 0.3 is 18.0 Å². The third-order valence-electron chi connectivity index (χ3n) is 3.02.